The number of hydrogen-bond donors (Lipinski definition) is 2. The molecule has 0 aromatic heterocycles. The maximum absolute atomic E-state index is 12.7. The van der Waals surface area contributed by atoms with Crippen molar-refractivity contribution in [3.63, 3.8) is 0 Å². The molecule has 0 aliphatic rings. The molecule has 0 aliphatic heterocycles. The molecule has 5 heteroatoms. The number of hydrogen-bond acceptors (Lipinski definition) is 3. The van der Waals surface area contributed by atoms with Gasteiger partial charge in [0.15, 0.2) is 6.10 Å². The van der Waals surface area contributed by atoms with Gasteiger partial charge in [0.2, 0.25) is 5.91 Å². The van der Waals surface area contributed by atoms with Crippen molar-refractivity contribution in [1.82, 2.24) is 0 Å². The van der Waals surface area contributed by atoms with Gasteiger partial charge in [0.1, 0.15) is 5.75 Å². The van der Waals surface area contributed by atoms with E-state index in [-0.39, 0.29) is 11.8 Å². The summed E-state index contributed by atoms with van der Waals surface area (Å²) < 4.78 is 5.92. The number of carbonyl (C=O) groups is 2. The van der Waals surface area contributed by atoms with E-state index in [1.54, 1.807) is 31.2 Å². The lowest BCUT2D eigenvalue weighted by Crippen LogP contribution is -2.32. The Morgan fingerprint density at radius 1 is 0.800 bits per heavy atom. The second kappa shape index (κ2) is 10.3. The Morgan fingerprint density at radius 2 is 1.43 bits per heavy atom. The zero-order valence-corrected chi connectivity index (χ0v) is 17.2. The van der Waals surface area contributed by atoms with Gasteiger partial charge in [-0.2, -0.15) is 0 Å². The van der Waals surface area contributed by atoms with Crippen molar-refractivity contribution in [3.05, 3.63) is 78.9 Å². The maximum Gasteiger partial charge on any atom is 0.265 e. The van der Waals surface area contributed by atoms with Crippen LogP contribution < -0.4 is 15.4 Å². The fraction of sp³-hybridized carbons (Fsp3) is 0.200. The first-order chi connectivity index (χ1) is 14.6. The van der Waals surface area contributed by atoms with Gasteiger partial charge in [-0.3, -0.25) is 9.59 Å². The van der Waals surface area contributed by atoms with Crippen molar-refractivity contribution in [2.24, 2.45) is 0 Å². The Hall–Kier alpha value is -3.60. The molecule has 0 saturated heterocycles. The normalized spacial score (nSPS) is 11.4. The van der Waals surface area contributed by atoms with Crippen molar-refractivity contribution in [1.29, 1.82) is 0 Å². The zero-order chi connectivity index (χ0) is 21.3. The molecule has 0 bridgehead atoms. The highest BCUT2D eigenvalue weighted by Crippen LogP contribution is 2.23. The van der Waals surface area contributed by atoms with Crippen LogP contribution >= 0.6 is 0 Å². The molecule has 3 rings (SSSR count). The minimum Gasteiger partial charge on any atom is -0.481 e. The molecule has 0 fully saturated rings. The number of ether oxygens (including phenoxy) is 1. The quantitative estimate of drug-likeness (QED) is 0.523. The van der Waals surface area contributed by atoms with Crippen molar-refractivity contribution in [2.45, 2.75) is 32.8 Å². The van der Waals surface area contributed by atoms with Crippen LogP contribution in [0.5, 0.6) is 5.75 Å². The Morgan fingerprint density at radius 3 is 2.07 bits per heavy atom. The van der Waals surface area contributed by atoms with E-state index in [9.17, 15) is 9.59 Å². The molecule has 0 aliphatic carbocycles. The van der Waals surface area contributed by atoms with Gasteiger partial charge in [-0.1, -0.05) is 62.4 Å². The van der Waals surface area contributed by atoms with E-state index >= 15 is 0 Å². The Labute approximate surface area is 177 Å². The molecule has 3 aromatic rings. The fourth-order valence-corrected chi connectivity index (χ4v) is 2.99. The molecule has 5 nitrogen and oxygen atoms in total. The summed E-state index contributed by atoms with van der Waals surface area (Å²) in [5.41, 5.74) is 3.47. The molecule has 2 amide bonds. The molecule has 1 atom stereocenters. The van der Waals surface area contributed by atoms with E-state index in [0.29, 0.717) is 30.0 Å². The zero-order valence-electron chi connectivity index (χ0n) is 17.2. The summed E-state index contributed by atoms with van der Waals surface area (Å²) in [7, 11) is 0. The average Bonchev–Trinajstić information content (AvgIpc) is 2.78. The molecule has 30 heavy (non-hydrogen) atoms. The molecule has 1 unspecified atom stereocenters. The highest BCUT2D eigenvalue weighted by molar-refractivity contribution is 5.96. The third kappa shape index (κ3) is 5.70. The van der Waals surface area contributed by atoms with Crippen LogP contribution in [-0.4, -0.2) is 17.9 Å². The smallest absolute Gasteiger partial charge is 0.265 e. The third-order valence-corrected chi connectivity index (χ3v) is 4.64. The van der Waals surface area contributed by atoms with Crippen LogP contribution in [0.3, 0.4) is 0 Å². The lowest BCUT2D eigenvalue weighted by molar-refractivity contribution is -0.122. The lowest BCUT2D eigenvalue weighted by Gasteiger charge is -2.18. The molecule has 0 saturated carbocycles. The highest BCUT2D eigenvalue weighted by atomic mass is 16.5. The van der Waals surface area contributed by atoms with Crippen LogP contribution in [0.15, 0.2) is 78.9 Å². The fourth-order valence-electron chi connectivity index (χ4n) is 2.99. The van der Waals surface area contributed by atoms with E-state index < -0.39 is 6.10 Å². The van der Waals surface area contributed by atoms with Gasteiger partial charge in [0.25, 0.3) is 5.91 Å². The minimum atomic E-state index is -0.624. The first-order valence-electron chi connectivity index (χ1n) is 10.1. The summed E-state index contributed by atoms with van der Waals surface area (Å²) in [4.78, 5) is 24.3. The number of amides is 2. The summed E-state index contributed by atoms with van der Waals surface area (Å²) in [6.45, 7) is 3.69. The van der Waals surface area contributed by atoms with Gasteiger partial charge in [0, 0.05) is 17.8 Å². The first kappa shape index (κ1) is 21.1. The molecular weight excluding hydrogens is 376 g/mol. The Bertz CT molecular complexity index is 985. The molecule has 2 N–H and O–H groups in total. The molecule has 154 valence electrons. The largest absolute Gasteiger partial charge is 0.481 e. The highest BCUT2D eigenvalue weighted by Gasteiger charge is 2.19. The standard InChI is InChI=1S/C25H26N2O3/c1-3-23(25(29)27-21-12-8-11-20(17-21)26-24(28)4-2)30-22-15-13-19(14-16-22)18-9-6-5-7-10-18/h5-17,23H,3-4H2,1-2H3,(H,26,28)(H,27,29). The summed E-state index contributed by atoms with van der Waals surface area (Å²) >= 11 is 0. The van der Waals surface area contributed by atoms with Crippen LogP contribution in [0.1, 0.15) is 26.7 Å². The van der Waals surface area contributed by atoms with Gasteiger partial charge < -0.3 is 15.4 Å². The summed E-state index contributed by atoms with van der Waals surface area (Å²) in [6, 6.07) is 24.9. The van der Waals surface area contributed by atoms with Crippen molar-refractivity contribution >= 4 is 23.2 Å². The molecule has 3 aromatic carbocycles. The van der Waals surface area contributed by atoms with Crippen LogP contribution in [0.2, 0.25) is 0 Å². The minimum absolute atomic E-state index is 0.0767. The number of rotatable bonds is 8. The predicted molar refractivity (Wildman–Crippen MR) is 121 cm³/mol. The summed E-state index contributed by atoms with van der Waals surface area (Å²) in [5, 5.41) is 5.65. The maximum atomic E-state index is 12.7. The van der Waals surface area contributed by atoms with Gasteiger partial charge in [-0.15, -0.1) is 0 Å². The molecule has 0 heterocycles. The second-order valence-corrected chi connectivity index (χ2v) is 6.88. The monoisotopic (exact) mass is 402 g/mol. The number of carbonyl (C=O) groups excluding carboxylic acids is 2. The predicted octanol–water partition coefficient (Wildman–Crippen LogP) is 5.50. The van der Waals surface area contributed by atoms with E-state index in [4.69, 9.17) is 4.74 Å². The van der Waals surface area contributed by atoms with E-state index in [0.717, 1.165) is 11.1 Å². The van der Waals surface area contributed by atoms with Gasteiger partial charge in [-0.05, 0) is 47.9 Å². The van der Waals surface area contributed by atoms with E-state index in [2.05, 4.69) is 22.8 Å². The SMILES string of the molecule is CCC(=O)Nc1cccc(NC(=O)C(CC)Oc2ccc(-c3ccccc3)cc2)c1. The number of nitrogens with one attached hydrogen (secondary N) is 2. The Balaban J connectivity index is 1.64. The van der Waals surface area contributed by atoms with Gasteiger partial charge in [0.05, 0.1) is 0 Å². The van der Waals surface area contributed by atoms with Crippen LogP contribution in [0.25, 0.3) is 11.1 Å². The van der Waals surface area contributed by atoms with Crippen LogP contribution in [-0.2, 0) is 9.59 Å². The van der Waals surface area contributed by atoms with Crippen LogP contribution in [0.4, 0.5) is 11.4 Å². The first-order valence-corrected chi connectivity index (χ1v) is 10.1. The van der Waals surface area contributed by atoms with Gasteiger partial charge in [-0.25, -0.2) is 0 Å². The number of anilines is 2. The van der Waals surface area contributed by atoms with Crippen molar-refractivity contribution in [2.75, 3.05) is 10.6 Å². The number of benzene rings is 3. The van der Waals surface area contributed by atoms with Gasteiger partial charge >= 0.3 is 0 Å². The lowest BCUT2D eigenvalue weighted by atomic mass is 10.1. The van der Waals surface area contributed by atoms with Crippen LogP contribution in [0, 0.1) is 0 Å². The summed E-state index contributed by atoms with van der Waals surface area (Å²) in [5.74, 6) is 0.330. The molecular formula is C25H26N2O3. The average molecular weight is 402 g/mol. The van der Waals surface area contributed by atoms with E-state index in [1.165, 1.54) is 0 Å². The van der Waals surface area contributed by atoms with Crippen molar-refractivity contribution < 1.29 is 14.3 Å². The van der Waals surface area contributed by atoms with E-state index in [1.807, 2.05) is 49.4 Å². The topological polar surface area (TPSA) is 67.4 Å². The third-order valence-electron chi connectivity index (χ3n) is 4.64. The van der Waals surface area contributed by atoms with Crippen molar-refractivity contribution in [3.8, 4) is 16.9 Å². The summed E-state index contributed by atoms with van der Waals surface area (Å²) in [6.07, 6.45) is 0.297. The molecule has 0 spiro atoms. The Kier molecular flexibility index (Phi) is 7.22. The second-order valence-electron chi connectivity index (χ2n) is 6.88. The molecule has 0 radical (unpaired) electrons.